The topological polar surface area (TPSA) is 12.0 Å². The highest BCUT2D eigenvalue weighted by atomic mass is 79.9. The molecule has 0 radical (unpaired) electrons. The Kier molecular flexibility index (Phi) is 5.38. The van der Waals surface area contributed by atoms with Gasteiger partial charge in [0.2, 0.25) is 0 Å². The molecule has 2 aromatic carbocycles. The minimum atomic E-state index is 0.221. The summed E-state index contributed by atoms with van der Waals surface area (Å²) in [6, 6.07) is 17.6. The first kappa shape index (κ1) is 15.3. The molecular weight excluding hydrogens is 310 g/mol. The number of halogens is 1. The zero-order chi connectivity index (χ0) is 14.5. The molecule has 1 N–H and O–H groups in total. The van der Waals surface area contributed by atoms with Gasteiger partial charge >= 0.3 is 0 Å². The second-order valence-corrected chi connectivity index (χ2v) is 6.44. The molecule has 0 amide bonds. The van der Waals surface area contributed by atoms with Crippen LogP contribution in [0.1, 0.15) is 36.6 Å². The van der Waals surface area contributed by atoms with Gasteiger partial charge < -0.3 is 5.32 Å². The number of rotatable bonds is 5. The van der Waals surface area contributed by atoms with Gasteiger partial charge in [0, 0.05) is 4.47 Å². The van der Waals surface area contributed by atoms with Crippen LogP contribution in [0.3, 0.4) is 0 Å². The van der Waals surface area contributed by atoms with Crippen LogP contribution < -0.4 is 5.32 Å². The Balaban J connectivity index is 2.26. The largest absolute Gasteiger partial charge is 0.309 e. The monoisotopic (exact) mass is 331 g/mol. The molecule has 0 spiro atoms. The van der Waals surface area contributed by atoms with Crippen molar-refractivity contribution in [3.05, 3.63) is 69.7 Å². The van der Waals surface area contributed by atoms with Crippen LogP contribution in [0.25, 0.3) is 0 Å². The maximum Gasteiger partial charge on any atom is 0.0585 e. The molecule has 1 nitrogen and oxygen atoms in total. The van der Waals surface area contributed by atoms with Gasteiger partial charge in [-0.3, -0.25) is 0 Å². The molecule has 0 aliphatic rings. The molecule has 1 atom stereocenters. The van der Waals surface area contributed by atoms with Crippen LogP contribution in [0, 0.1) is 5.92 Å². The predicted octanol–water partition coefficient (Wildman–Crippen LogP) is 4.96. The third kappa shape index (κ3) is 3.71. The Morgan fingerprint density at radius 2 is 1.65 bits per heavy atom. The van der Waals surface area contributed by atoms with Crippen molar-refractivity contribution in [1.29, 1.82) is 0 Å². The number of benzene rings is 2. The Hall–Kier alpha value is -1.12. The van der Waals surface area contributed by atoms with E-state index in [0.717, 1.165) is 10.9 Å². The highest BCUT2D eigenvalue weighted by molar-refractivity contribution is 9.10. The smallest absolute Gasteiger partial charge is 0.0585 e. The van der Waals surface area contributed by atoms with Crippen molar-refractivity contribution in [3.63, 3.8) is 0 Å². The molecule has 2 rings (SSSR count). The second-order valence-electron chi connectivity index (χ2n) is 5.58. The number of hydrogen-bond acceptors (Lipinski definition) is 1. The van der Waals surface area contributed by atoms with E-state index in [0.29, 0.717) is 5.92 Å². The van der Waals surface area contributed by atoms with E-state index < -0.39 is 0 Å². The van der Waals surface area contributed by atoms with E-state index in [1.54, 1.807) is 0 Å². The lowest BCUT2D eigenvalue weighted by Gasteiger charge is -2.19. The highest BCUT2D eigenvalue weighted by Gasteiger charge is 2.14. The van der Waals surface area contributed by atoms with Crippen LogP contribution in [0.5, 0.6) is 0 Å². The lowest BCUT2D eigenvalue weighted by Crippen LogP contribution is -2.18. The Labute approximate surface area is 130 Å². The van der Waals surface area contributed by atoms with E-state index in [2.05, 4.69) is 77.6 Å². The van der Waals surface area contributed by atoms with Gasteiger partial charge in [0.25, 0.3) is 0 Å². The van der Waals surface area contributed by atoms with E-state index >= 15 is 0 Å². The predicted molar refractivity (Wildman–Crippen MR) is 90.0 cm³/mol. The van der Waals surface area contributed by atoms with E-state index in [1.165, 1.54) is 16.7 Å². The summed E-state index contributed by atoms with van der Waals surface area (Å²) in [5, 5.41) is 3.41. The van der Waals surface area contributed by atoms with Crippen LogP contribution in [0.2, 0.25) is 0 Å². The summed E-state index contributed by atoms with van der Waals surface area (Å²) in [7, 11) is 2.01. The third-order valence-electron chi connectivity index (χ3n) is 3.46. The first-order valence-corrected chi connectivity index (χ1v) is 7.91. The molecule has 1 unspecified atom stereocenters. The minimum Gasteiger partial charge on any atom is -0.309 e. The molecule has 0 bridgehead atoms. The van der Waals surface area contributed by atoms with E-state index in [1.807, 2.05) is 13.1 Å². The highest BCUT2D eigenvalue weighted by Crippen LogP contribution is 2.28. The summed E-state index contributed by atoms with van der Waals surface area (Å²) in [5.74, 6) is 0.698. The van der Waals surface area contributed by atoms with Gasteiger partial charge in [-0.15, -0.1) is 0 Å². The summed E-state index contributed by atoms with van der Waals surface area (Å²) in [4.78, 5) is 0. The Morgan fingerprint density at radius 1 is 1.00 bits per heavy atom. The minimum absolute atomic E-state index is 0.221. The van der Waals surface area contributed by atoms with Crippen molar-refractivity contribution >= 4 is 15.9 Å². The lowest BCUT2D eigenvalue weighted by atomic mass is 9.96. The Morgan fingerprint density at radius 3 is 2.20 bits per heavy atom. The molecule has 106 valence electrons. The maximum absolute atomic E-state index is 3.64. The summed E-state index contributed by atoms with van der Waals surface area (Å²) >= 11 is 3.64. The third-order valence-corrected chi connectivity index (χ3v) is 4.18. The van der Waals surface area contributed by atoms with Crippen LogP contribution in [0.15, 0.2) is 53.0 Å². The van der Waals surface area contributed by atoms with Crippen LogP contribution in [0.4, 0.5) is 0 Å². The number of hydrogen-bond donors (Lipinski definition) is 1. The molecule has 0 heterocycles. The molecule has 0 aliphatic carbocycles. The standard InChI is InChI=1S/C18H22BrN/c1-13(2)12-14-8-10-15(11-9-14)18(20-3)16-6-4-5-7-17(16)19/h4-11,13,18,20H,12H2,1-3H3. The zero-order valence-electron chi connectivity index (χ0n) is 12.4. The molecule has 0 aliphatic heterocycles. The molecule has 2 heteroatoms. The lowest BCUT2D eigenvalue weighted by molar-refractivity contribution is 0.645. The molecule has 0 aromatic heterocycles. The van der Waals surface area contributed by atoms with E-state index in [4.69, 9.17) is 0 Å². The SMILES string of the molecule is CNC(c1ccc(CC(C)C)cc1)c1ccccc1Br. The van der Waals surface area contributed by atoms with Gasteiger partial charge in [-0.25, -0.2) is 0 Å². The van der Waals surface area contributed by atoms with Crippen molar-refractivity contribution < 1.29 is 0 Å². The average Bonchev–Trinajstić information content (AvgIpc) is 2.43. The summed E-state index contributed by atoms with van der Waals surface area (Å²) in [6.07, 6.45) is 1.14. The molecule has 20 heavy (non-hydrogen) atoms. The maximum atomic E-state index is 3.64. The van der Waals surface area contributed by atoms with Crippen molar-refractivity contribution in [2.75, 3.05) is 7.05 Å². The summed E-state index contributed by atoms with van der Waals surface area (Å²) in [6.45, 7) is 4.51. The second kappa shape index (κ2) is 7.05. The molecule has 2 aromatic rings. The van der Waals surface area contributed by atoms with Gasteiger partial charge in [-0.2, -0.15) is 0 Å². The molecule has 0 saturated heterocycles. The molecule has 0 fully saturated rings. The normalized spacial score (nSPS) is 12.7. The van der Waals surface area contributed by atoms with Crippen molar-refractivity contribution in [2.45, 2.75) is 26.3 Å². The molecule has 0 saturated carbocycles. The zero-order valence-corrected chi connectivity index (χ0v) is 13.9. The first-order valence-electron chi connectivity index (χ1n) is 7.12. The van der Waals surface area contributed by atoms with Gasteiger partial charge in [-0.1, -0.05) is 72.2 Å². The van der Waals surface area contributed by atoms with Crippen molar-refractivity contribution in [3.8, 4) is 0 Å². The quantitative estimate of drug-likeness (QED) is 0.816. The van der Waals surface area contributed by atoms with Crippen molar-refractivity contribution in [1.82, 2.24) is 5.32 Å². The van der Waals surface area contributed by atoms with Gasteiger partial charge in [-0.05, 0) is 42.1 Å². The average molecular weight is 332 g/mol. The summed E-state index contributed by atoms with van der Waals surface area (Å²) in [5.41, 5.74) is 3.98. The van der Waals surface area contributed by atoms with E-state index in [-0.39, 0.29) is 6.04 Å². The first-order chi connectivity index (χ1) is 9.61. The van der Waals surface area contributed by atoms with Crippen LogP contribution in [-0.4, -0.2) is 7.05 Å². The fourth-order valence-electron chi connectivity index (χ4n) is 2.53. The Bertz CT molecular complexity index is 546. The summed E-state index contributed by atoms with van der Waals surface area (Å²) < 4.78 is 1.14. The van der Waals surface area contributed by atoms with Gasteiger partial charge in [0.1, 0.15) is 0 Å². The molecular formula is C18H22BrN. The fraction of sp³-hybridized carbons (Fsp3) is 0.333. The van der Waals surface area contributed by atoms with Crippen LogP contribution >= 0.6 is 15.9 Å². The van der Waals surface area contributed by atoms with E-state index in [9.17, 15) is 0 Å². The van der Waals surface area contributed by atoms with Crippen LogP contribution in [-0.2, 0) is 6.42 Å². The van der Waals surface area contributed by atoms with Gasteiger partial charge in [0.15, 0.2) is 0 Å². The fourth-order valence-corrected chi connectivity index (χ4v) is 3.04. The van der Waals surface area contributed by atoms with Crippen molar-refractivity contribution in [2.24, 2.45) is 5.92 Å². The number of nitrogens with one attached hydrogen (secondary N) is 1. The van der Waals surface area contributed by atoms with Gasteiger partial charge in [0.05, 0.1) is 6.04 Å².